The Morgan fingerprint density at radius 2 is 1.88 bits per heavy atom. The topological polar surface area (TPSA) is 58.3 Å². The maximum Gasteiger partial charge on any atom is 0.0885 e. The first-order chi connectivity index (χ1) is 6.73. The second-order valence-electron chi connectivity index (χ2n) is 3.88. The zero-order chi connectivity index (χ0) is 10.0. The van der Waals surface area contributed by atoms with Crippen LogP contribution in [0, 0.1) is 0 Å². The summed E-state index contributed by atoms with van der Waals surface area (Å²) in [7, 11) is 0. The van der Waals surface area contributed by atoms with Gasteiger partial charge in [0.25, 0.3) is 0 Å². The fourth-order valence-corrected chi connectivity index (χ4v) is 1.97. The van der Waals surface area contributed by atoms with Crippen LogP contribution >= 0.6 is 24.8 Å². The minimum absolute atomic E-state index is 0. The van der Waals surface area contributed by atoms with E-state index in [1.54, 1.807) is 0 Å². The normalized spacial score (nSPS) is 28.8. The minimum Gasteiger partial charge on any atom is -0.390 e. The smallest absolute Gasteiger partial charge is 0.0885 e. The third kappa shape index (κ3) is 2.87. The van der Waals surface area contributed by atoms with E-state index >= 15 is 0 Å². The third-order valence-corrected chi connectivity index (χ3v) is 2.96. The Balaban J connectivity index is 0.00000112. The lowest BCUT2D eigenvalue weighted by molar-refractivity contribution is 0.0567. The number of hydrogen-bond acceptors (Lipinski definition) is 3. The average Bonchev–Trinajstić information content (AvgIpc) is 2.24. The summed E-state index contributed by atoms with van der Waals surface area (Å²) in [6.45, 7) is 1.44. The molecule has 1 heterocycles. The van der Waals surface area contributed by atoms with Crippen LogP contribution in [0.1, 0.15) is 12.0 Å². The molecule has 4 N–H and O–H groups in total. The second kappa shape index (κ2) is 6.42. The molecule has 0 bridgehead atoms. The molecule has 0 unspecified atom stereocenters. The monoisotopic (exact) mass is 264 g/mol. The molecule has 1 aliphatic heterocycles. The Bertz CT molecular complexity index is 310. The van der Waals surface area contributed by atoms with Crippen molar-refractivity contribution in [1.29, 1.82) is 0 Å². The molecule has 0 aromatic heterocycles. The molecule has 1 aromatic rings. The molecule has 0 amide bonds. The number of halogens is 2. The van der Waals surface area contributed by atoms with Crippen LogP contribution in [0.15, 0.2) is 30.3 Å². The summed E-state index contributed by atoms with van der Waals surface area (Å²) < 4.78 is 0. The van der Waals surface area contributed by atoms with E-state index in [4.69, 9.17) is 5.73 Å². The van der Waals surface area contributed by atoms with Crippen molar-refractivity contribution >= 4 is 24.8 Å². The summed E-state index contributed by atoms with van der Waals surface area (Å²) in [5, 5.41) is 13.0. The van der Waals surface area contributed by atoms with Crippen LogP contribution in [0.4, 0.5) is 0 Å². The van der Waals surface area contributed by atoms with Crippen LogP contribution in [-0.2, 0) is 5.54 Å². The molecule has 16 heavy (non-hydrogen) atoms. The molecule has 2 rings (SSSR count). The Morgan fingerprint density at radius 1 is 1.25 bits per heavy atom. The molecule has 1 saturated heterocycles. The number of aliphatic hydroxyl groups is 1. The fraction of sp³-hybridized carbons (Fsp3) is 0.455. The maximum atomic E-state index is 9.89. The average molecular weight is 265 g/mol. The number of piperidine rings is 1. The standard InChI is InChI=1S/C11H16N2O.2ClH/c12-11(6-7-13-8-10(11)14)9-4-2-1-3-5-9;;/h1-5,10,13-14H,6-8,12H2;2*1H/t10-,11+;;/m1../s1. The number of benzene rings is 1. The lowest BCUT2D eigenvalue weighted by atomic mass is 9.80. The Labute approximate surface area is 108 Å². The van der Waals surface area contributed by atoms with E-state index in [0.29, 0.717) is 6.54 Å². The first kappa shape index (κ1) is 15.7. The van der Waals surface area contributed by atoms with Crippen molar-refractivity contribution < 1.29 is 5.11 Å². The molecule has 3 nitrogen and oxygen atoms in total. The van der Waals surface area contributed by atoms with Gasteiger partial charge in [-0.05, 0) is 18.5 Å². The highest BCUT2D eigenvalue weighted by Gasteiger charge is 2.37. The van der Waals surface area contributed by atoms with Gasteiger partial charge in [-0.3, -0.25) is 0 Å². The lowest BCUT2D eigenvalue weighted by Crippen LogP contribution is -2.57. The molecule has 5 heteroatoms. The number of nitrogens with two attached hydrogens (primary N) is 1. The number of nitrogens with one attached hydrogen (secondary N) is 1. The van der Waals surface area contributed by atoms with Crippen molar-refractivity contribution in [1.82, 2.24) is 5.32 Å². The molecule has 2 atom stereocenters. The molecule has 0 spiro atoms. The first-order valence-corrected chi connectivity index (χ1v) is 4.97. The Morgan fingerprint density at radius 3 is 2.44 bits per heavy atom. The van der Waals surface area contributed by atoms with Gasteiger partial charge in [-0.25, -0.2) is 0 Å². The van der Waals surface area contributed by atoms with E-state index in [9.17, 15) is 5.11 Å². The molecule has 0 radical (unpaired) electrons. The van der Waals surface area contributed by atoms with Gasteiger partial charge in [-0.15, -0.1) is 24.8 Å². The van der Waals surface area contributed by atoms with Gasteiger partial charge < -0.3 is 16.2 Å². The summed E-state index contributed by atoms with van der Waals surface area (Å²) in [4.78, 5) is 0. The molecule has 0 saturated carbocycles. The van der Waals surface area contributed by atoms with Crippen LogP contribution in [0.5, 0.6) is 0 Å². The largest absolute Gasteiger partial charge is 0.390 e. The number of aliphatic hydroxyl groups excluding tert-OH is 1. The van der Waals surface area contributed by atoms with Crippen molar-refractivity contribution in [3.63, 3.8) is 0 Å². The molecule has 92 valence electrons. The summed E-state index contributed by atoms with van der Waals surface area (Å²) in [6, 6.07) is 9.83. The molecule has 1 aromatic carbocycles. The van der Waals surface area contributed by atoms with Gasteiger partial charge in [0, 0.05) is 6.54 Å². The van der Waals surface area contributed by atoms with E-state index in [1.807, 2.05) is 30.3 Å². The van der Waals surface area contributed by atoms with Crippen LogP contribution in [0.25, 0.3) is 0 Å². The predicted octanol–water partition coefficient (Wildman–Crippen LogP) is 1.04. The molecule has 0 aliphatic carbocycles. The number of β-amino-alcohol motifs (C(OH)–C–C–N with tert-alkyl or cyclic N) is 1. The van der Waals surface area contributed by atoms with E-state index in [0.717, 1.165) is 18.5 Å². The Kier molecular flexibility index (Phi) is 6.30. The summed E-state index contributed by atoms with van der Waals surface area (Å²) >= 11 is 0. The molecule has 1 aliphatic rings. The van der Waals surface area contributed by atoms with Crippen molar-refractivity contribution in [3.8, 4) is 0 Å². The minimum atomic E-state index is -0.577. The van der Waals surface area contributed by atoms with E-state index in [1.165, 1.54) is 0 Å². The van der Waals surface area contributed by atoms with Crippen LogP contribution < -0.4 is 11.1 Å². The molecular weight excluding hydrogens is 247 g/mol. The van der Waals surface area contributed by atoms with E-state index < -0.39 is 11.6 Å². The third-order valence-electron chi connectivity index (χ3n) is 2.96. The van der Waals surface area contributed by atoms with Crippen LogP contribution in [-0.4, -0.2) is 24.3 Å². The highest BCUT2D eigenvalue weighted by Crippen LogP contribution is 2.27. The summed E-state index contributed by atoms with van der Waals surface area (Å²) in [5.41, 5.74) is 6.68. The highest BCUT2D eigenvalue weighted by molar-refractivity contribution is 5.85. The molecule has 1 fully saturated rings. The highest BCUT2D eigenvalue weighted by atomic mass is 35.5. The van der Waals surface area contributed by atoms with E-state index in [2.05, 4.69) is 5.32 Å². The van der Waals surface area contributed by atoms with Crippen LogP contribution in [0.2, 0.25) is 0 Å². The van der Waals surface area contributed by atoms with Gasteiger partial charge >= 0.3 is 0 Å². The van der Waals surface area contributed by atoms with Gasteiger partial charge in [0.2, 0.25) is 0 Å². The molecular formula is C11H18Cl2N2O. The van der Waals surface area contributed by atoms with Gasteiger partial charge in [0.1, 0.15) is 0 Å². The van der Waals surface area contributed by atoms with Crippen molar-refractivity contribution in [2.75, 3.05) is 13.1 Å². The van der Waals surface area contributed by atoms with Gasteiger partial charge in [0.15, 0.2) is 0 Å². The Hall–Kier alpha value is -0.320. The fourth-order valence-electron chi connectivity index (χ4n) is 1.97. The van der Waals surface area contributed by atoms with E-state index in [-0.39, 0.29) is 24.8 Å². The van der Waals surface area contributed by atoms with Gasteiger partial charge in [-0.2, -0.15) is 0 Å². The zero-order valence-corrected chi connectivity index (χ0v) is 10.6. The lowest BCUT2D eigenvalue weighted by Gasteiger charge is -2.39. The predicted molar refractivity (Wildman–Crippen MR) is 70.3 cm³/mol. The second-order valence-corrected chi connectivity index (χ2v) is 3.88. The van der Waals surface area contributed by atoms with Crippen molar-refractivity contribution in [2.24, 2.45) is 5.73 Å². The van der Waals surface area contributed by atoms with Gasteiger partial charge in [-0.1, -0.05) is 30.3 Å². The summed E-state index contributed by atoms with van der Waals surface area (Å²) in [6.07, 6.45) is 0.275. The van der Waals surface area contributed by atoms with Crippen molar-refractivity contribution in [3.05, 3.63) is 35.9 Å². The maximum absolute atomic E-state index is 9.89. The number of rotatable bonds is 1. The SMILES string of the molecule is Cl.Cl.N[C@]1(c2ccccc2)CCNC[C@H]1O. The van der Waals surface area contributed by atoms with Gasteiger partial charge in [0.05, 0.1) is 11.6 Å². The van der Waals surface area contributed by atoms with Crippen molar-refractivity contribution in [2.45, 2.75) is 18.1 Å². The summed E-state index contributed by atoms with van der Waals surface area (Å²) in [5.74, 6) is 0. The number of hydrogen-bond donors (Lipinski definition) is 3. The zero-order valence-electron chi connectivity index (χ0n) is 8.93. The quantitative estimate of drug-likeness (QED) is 0.711. The van der Waals surface area contributed by atoms with Crippen LogP contribution in [0.3, 0.4) is 0 Å². The first-order valence-electron chi connectivity index (χ1n) is 4.97.